The number of nitrogens with zero attached hydrogens (tertiary/aromatic N) is 1. The number of hydrogen-bond donors (Lipinski definition) is 1. The van der Waals surface area contributed by atoms with Gasteiger partial charge >= 0.3 is 6.61 Å². The van der Waals surface area contributed by atoms with Crippen molar-refractivity contribution < 1.29 is 26.7 Å². The first-order valence-electron chi connectivity index (χ1n) is 8.89. The molecule has 3 aromatic rings. The highest BCUT2D eigenvalue weighted by molar-refractivity contribution is 7.92. The Morgan fingerprint density at radius 1 is 1.03 bits per heavy atom. The van der Waals surface area contributed by atoms with Gasteiger partial charge in [-0.15, -0.1) is 0 Å². The van der Waals surface area contributed by atoms with Gasteiger partial charge in [0.2, 0.25) is 0 Å². The number of carbonyl (C=O) groups excluding carboxylic acids is 1. The van der Waals surface area contributed by atoms with Gasteiger partial charge in [-0.3, -0.25) is 9.10 Å². The average molecular weight is 467 g/mol. The number of halogens is 3. The van der Waals surface area contributed by atoms with Crippen LogP contribution in [0.2, 0.25) is 5.02 Å². The lowest BCUT2D eigenvalue weighted by molar-refractivity contribution is -0.0493. The standard InChI is InChI=1S/C21H17ClF2N2O4S/c1-26(14-7-3-2-4-8-14)31(28,29)15-11-12-17(22)16(13-15)20(27)25-18-9-5-6-10-19(18)30-21(23)24/h2-13,21H,1H3,(H,25,27). The highest BCUT2D eigenvalue weighted by Crippen LogP contribution is 2.29. The number of benzene rings is 3. The molecule has 0 saturated heterocycles. The molecule has 6 nitrogen and oxygen atoms in total. The molecule has 0 heterocycles. The van der Waals surface area contributed by atoms with Crippen LogP contribution in [0.1, 0.15) is 10.4 Å². The first-order valence-corrected chi connectivity index (χ1v) is 10.7. The van der Waals surface area contributed by atoms with Crippen LogP contribution in [0.25, 0.3) is 0 Å². The lowest BCUT2D eigenvalue weighted by Crippen LogP contribution is -2.27. The highest BCUT2D eigenvalue weighted by Gasteiger charge is 2.24. The van der Waals surface area contributed by atoms with E-state index in [-0.39, 0.29) is 26.9 Å². The molecule has 31 heavy (non-hydrogen) atoms. The molecule has 0 unspecified atom stereocenters. The molecule has 0 aliphatic heterocycles. The Morgan fingerprint density at radius 3 is 2.35 bits per heavy atom. The van der Waals surface area contributed by atoms with Crippen LogP contribution in [0.4, 0.5) is 20.2 Å². The van der Waals surface area contributed by atoms with Gasteiger partial charge in [0.1, 0.15) is 5.75 Å². The second-order valence-corrected chi connectivity index (χ2v) is 8.65. The molecule has 3 rings (SSSR count). The lowest BCUT2D eigenvalue weighted by atomic mass is 10.2. The molecule has 10 heteroatoms. The Balaban J connectivity index is 1.92. The summed E-state index contributed by atoms with van der Waals surface area (Å²) in [6.45, 7) is -3.08. The minimum Gasteiger partial charge on any atom is -0.433 e. The van der Waals surface area contributed by atoms with Gasteiger partial charge < -0.3 is 10.1 Å². The Labute approximate surface area is 183 Å². The number of sulfonamides is 1. The Bertz CT molecular complexity index is 1190. The van der Waals surface area contributed by atoms with Crippen LogP contribution in [-0.2, 0) is 10.0 Å². The summed E-state index contributed by atoms with van der Waals surface area (Å²) in [5.41, 5.74) is 0.274. The van der Waals surface area contributed by atoms with E-state index in [1.54, 1.807) is 30.3 Å². The van der Waals surface area contributed by atoms with Crippen molar-refractivity contribution in [3.05, 3.63) is 83.4 Å². The molecule has 0 bridgehead atoms. The van der Waals surface area contributed by atoms with E-state index in [4.69, 9.17) is 11.6 Å². The summed E-state index contributed by atoms with van der Waals surface area (Å²) in [6.07, 6.45) is 0. The molecular weight excluding hydrogens is 450 g/mol. The predicted molar refractivity (Wildman–Crippen MR) is 115 cm³/mol. The summed E-state index contributed by atoms with van der Waals surface area (Å²) < 4.78 is 56.7. The summed E-state index contributed by atoms with van der Waals surface area (Å²) >= 11 is 6.11. The van der Waals surface area contributed by atoms with Crippen LogP contribution in [0.15, 0.2) is 77.7 Å². The third-order valence-electron chi connectivity index (χ3n) is 4.31. The first kappa shape index (κ1) is 22.5. The van der Waals surface area contributed by atoms with Crippen LogP contribution in [0.5, 0.6) is 5.75 Å². The van der Waals surface area contributed by atoms with Crippen molar-refractivity contribution in [2.24, 2.45) is 0 Å². The summed E-state index contributed by atoms with van der Waals surface area (Å²) in [5.74, 6) is -1.02. The van der Waals surface area contributed by atoms with Crippen molar-refractivity contribution in [2.75, 3.05) is 16.7 Å². The molecule has 1 N–H and O–H groups in total. The van der Waals surface area contributed by atoms with E-state index in [9.17, 15) is 22.0 Å². The molecule has 0 aromatic heterocycles. The minimum absolute atomic E-state index is 0.00827. The number of para-hydroxylation sites is 3. The molecule has 3 aromatic carbocycles. The largest absolute Gasteiger partial charge is 0.433 e. The van der Waals surface area contributed by atoms with Crippen LogP contribution < -0.4 is 14.4 Å². The Morgan fingerprint density at radius 2 is 1.68 bits per heavy atom. The minimum atomic E-state index is -3.99. The number of hydrogen-bond acceptors (Lipinski definition) is 4. The summed E-state index contributed by atoms with van der Waals surface area (Å²) in [4.78, 5) is 12.6. The number of alkyl halides is 2. The van der Waals surface area contributed by atoms with E-state index in [0.29, 0.717) is 5.69 Å². The first-order chi connectivity index (χ1) is 14.7. The zero-order chi connectivity index (χ0) is 22.6. The van der Waals surface area contributed by atoms with Gasteiger partial charge in [-0.1, -0.05) is 41.9 Å². The normalized spacial score (nSPS) is 11.3. The van der Waals surface area contributed by atoms with Crippen LogP contribution >= 0.6 is 11.6 Å². The molecule has 1 amide bonds. The predicted octanol–water partition coefficient (Wildman–Crippen LogP) is 5.02. The smallest absolute Gasteiger partial charge is 0.387 e. The van der Waals surface area contributed by atoms with Gasteiger partial charge in [-0.25, -0.2) is 8.42 Å². The number of anilines is 2. The topological polar surface area (TPSA) is 75.7 Å². The molecule has 0 fully saturated rings. The molecule has 162 valence electrons. The maximum Gasteiger partial charge on any atom is 0.387 e. The number of carbonyl (C=O) groups is 1. The molecule has 0 saturated carbocycles. The second kappa shape index (κ2) is 9.32. The zero-order valence-corrected chi connectivity index (χ0v) is 17.7. The molecular formula is C21H17ClF2N2O4S. The summed E-state index contributed by atoms with van der Waals surface area (Å²) in [5, 5.41) is 2.41. The van der Waals surface area contributed by atoms with Crippen molar-refractivity contribution in [2.45, 2.75) is 11.5 Å². The van der Waals surface area contributed by atoms with Crippen LogP contribution in [0.3, 0.4) is 0 Å². The van der Waals surface area contributed by atoms with E-state index in [1.165, 1.54) is 43.4 Å². The number of nitrogens with one attached hydrogen (secondary N) is 1. The molecule has 0 aliphatic carbocycles. The van der Waals surface area contributed by atoms with E-state index >= 15 is 0 Å². The van der Waals surface area contributed by atoms with Gasteiger partial charge in [0.15, 0.2) is 0 Å². The van der Waals surface area contributed by atoms with E-state index in [2.05, 4.69) is 10.1 Å². The molecule has 0 spiro atoms. The molecule has 0 aliphatic rings. The number of ether oxygens (including phenoxy) is 1. The maximum absolute atomic E-state index is 13.0. The van der Waals surface area contributed by atoms with Crippen molar-refractivity contribution in [1.29, 1.82) is 0 Å². The SMILES string of the molecule is CN(c1ccccc1)S(=O)(=O)c1ccc(Cl)c(C(=O)Nc2ccccc2OC(F)F)c1. The monoisotopic (exact) mass is 466 g/mol. The van der Waals surface area contributed by atoms with Gasteiger partial charge in [0, 0.05) is 7.05 Å². The third kappa shape index (κ3) is 5.12. The summed E-state index contributed by atoms with van der Waals surface area (Å²) in [7, 11) is -2.61. The van der Waals surface area contributed by atoms with Crippen molar-refractivity contribution in [1.82, 2.24) is 0 Å². The Kier molecular flexibility index (Phi) is 6.77. The third-order valence-corrected chi connectivity index (χ3v) is 6.42. The van der Waals surface area contributed by atoms with Gasteiger partial charge in [-0.05, 0) is 42.5 Å². The average Bonchev–Trinajstić information content (AvgIpc) is 2.75. The highest BCUT2D eigenvalue weighted by atomic mass is 35.5. The van der Waals surface area contributed by atoms with Gasteiger partial charge in [0.25, 0.3) is 15.9 Å². The zero-order valence-electron chi connectivity index (χ0n) is 16.1. The van der Waals surface area contributed by atoms with E-state index in [0.717, 1.165) is 10.4 Å². The van der Waals surface area contributed by atoms with Gasteiger partial charge in [-0.2, -0.15) is 8.78 Å². The fourth-order valence-corrected chi connectivity index (χ4v) is 4.16. The van der Waals surface area contributed by atoms with Crippen molar-refractivity contribution in [3.8, 4) is 5.75 Å². The van der Waals surface area contributed by atoms with Crippen molar-refractivity contribution >= 4 is 38.9 Å². The van der Waals surface area contributed by atoms with Crippen LogP contribution in [0, 0.1) is 0 Å². The fraction of sp³-hybridized carbons (Fsp3) is 0.0952. The number of amides is 1. The molecule has 0 atom stereocenters. The second-order valence-electron chi connectivity index (χ2n) is 6.28. The van der Waals surface area contributed by atoms with Crippen molar-refractivity contribution in [3.63, 3.8) is 0 Å². The number of rotatable bonds is 7. The van der Waals surface area contributed by atoms with Crippen LogP contribution in [-0.4, -0.2) is 28.0 Å². The lowest BCUT2D eigenvalue weighted by Gasteiger charge is -2.20. The van der Waals surface area contributed by atoms with Gasteiger partial charge in [0.05, 0.1) is 26.9 Å². The molecule has 0 radical (unpaired) electrons. The maximum atomic E-state index is 13.0. The summed E-state index contributed by atoms with van der Waals surface area (Å²) in [6, 6.07) is 17.7. The van der Waals surface area contributed by atoms with E-state index in [1.807, 2.05) is 0 Å². The fourth-order valence-electron chi connectivity index (χ4n) is 2.73. The quantitative estimate of drug-likeness (QED) is 0.530. The Hall–Kier alpha value is -3.17. The van der Waals surface area contributed by atoms with E-state index < -0.39 is 22.5 Å².